The molecule has 0 radical (unpaired) electrons. The zero-order valence-corrected chi connectivity index (χ0v) is 12.7. The van der Waals surface area contributed by atoms with E-state index in [-0.39, 0.29) is 6.61 Å². The van der Waals surface area contributed by atoms with Gasteiger partial charge in [-0.25, -0.2) is 4.79 Å². The number of carbonyl (C=O) groups excluding carboxylic acids is 1. The van der Waals surface area contributed by atoms with Gasteiger partial charge in [0.15, 0.2) is 5.69 Å². The van der Waals surface area contributed by atoms with E-state index in [1.54, 1.807) is 11.6 Å². The summed E-state index contributed by atoms with van der Waals surface area (Å²) in [6.45, 7) is 6.60. The Morgan fingerprint density at radius 3 is 2.43 bits per heavy atom. The summed E-state index contributed by atoms with van der Waals surface area (Å²) in [5.74, 6) is -0.436. The van der Waals surface area contributed by atoms with E-state index in [0.717, 1.165) is 12.0 Å². The second-order valence-electron chi connectivity index (χ2n) is 4.91. The zero-order chi connectivity index (χ0) is 15.4. The van der Waals surface area contributed by atoms with E-state index in [1.165, 1.54) is 5.56 Å². The molecular formula is C16H21N3O2. The van der Waals surface area contributed by atoms with Gasteiger partial charge in [-0.15, -0.1) is 0 Å². The number of nitrogen functional groups attached to an aromatic ring is 1. The van der Waals surface area contributed by atoms with Gasteiger partial charge in [0.1, 0.15) is 6.61 Å². The fraction of sp³-hybridized carbons (Fsp3) is 0.375. The second kappa shape index (κ2) is 6.43. The molecule has 0 amide bonds. The van der Waals surface area contributed by atoms with Crippen molar-refractivity contribution in [2.24, 2.45) is 0 Å². The van der Waals surface area contributed by atoms with Crippen molar-refractivity contribution in [3.8, 4) is 0 Å². The highest BCUT2D eigenvalue weighted by atomic mass is 16.5. The minimum absolute atomic E-state index is 0.232. The van der Waals surface area contributed by atoms with Crippen LogP contribution >= 0.6 is 0 Å². The standard InChI is InChI=1S/C16H21N3O2/c1-4-12-6-8-13(9-7-12)10-21-16(20)15-14(17)11(3)18-19(15)5-2/h6-9H,4-5,10,17H2,1-3H3. The highest BCUT2D eigenvalue weighted by Crippen LogP contribution is 2.18. The lowest BCUT2D eigenvalue weighted by molar-refractivity contribution is 0.0459. The summed E-state index contributed by atoms with van der Waals surface area (Å²) in [4.78, 5) is 12.2. The summed E-state index contributed by atoms with van der Waals surface area (Å²) in [6.07, 6.45) is 0.992. The number of anilines is 1. The molecule has 0 bridgehead atoms. The van der Waals surface area contributed by atoms with Crippen LogP contribution in [0.2, 0.25) is 0 Å². The molecule has 0 fully saturated rings. The molecule has 2 rings (SSSR count). The number of esters is 1. The fourth-order valence-corrected chi connectivity index (χ4v) is 2.13. The van der Waals surface area contributed by atoms with Crippen LogP contribution in [0.4, 0.5) is 5.69 Å². The molecule has 0 spiro atoms. The molecule has 21 heavy (non-hydrogen) atoms. The molecule has 0 aliphatic carbocycles. The molecular weight excluding hydrogens is 266 g/mol. The highest BCUT2D eigenvalue weighted by molar-refractivity contribution is 5.93. The average Bonchev–Trinajstić information content (AvgIpc) is 2.80. The summed E-state index contributed by atoms with van der Waals surface area (Å²) >= 11 is 0. The van der Waals surface area contributed by atoms with Crippen LogP contribution in [-0.2, 0) is 24.3 Å². The lowest BCUT2D eigenvalue weighted by Crippen LogP contribution is -2.14. The molecule has 0 saturated carbocycles. The minimum Gasteiger partial charge on any atom is -0.456 e. The van der Waals surface area contributed by atoms with Gasteiger partial charge in [0.2, 0.25) is 0 Å². The van der Waals surface area contributed by atoms with Crippen LogP contribution in [0, 0.1) is 6.92 Å². The van der Waals surface area contributed by atoms with Crippen LogP contribution in [0.15, 0.2) is 24.3 Å². The third-order valence-electron chi connectivity index (χ3n) is 3.47. The Morgan fingerprint density at radius 1 is 1.24 bits per heavy atom. The van der Waals surface area contributed by atoms with Gasteiger partial charge in [0.25, 0.3) is 0 Å². The van der Waals surface area contributed by atoms with E-state index in [2.05, 4.69) is 12.0 Å². The third-order valence-corrected chi connectivity index (χ3v) is 3.47. The van der Waals surface area contributed by atoms with Crippen molar-refractivity contribution in [1.82, 2.24) is 9.78 Å². The highest BCUT2D eigenvalue weighted by Gasteiger charge is 2.20. The van der Waals surface area contributed by atoms with E-state index in [0.29, 0.717) is 23.6 Å². The molecule has 5 nitrogen and oxygen atoms in total. The Bertz CT molecular complexity index is 630. The monoisotopic (exact) mass is 287 g/mol. The van der Waals surface area contributed by atoms with Gasteiger partial charge in [-0.1, -0.05) is 31.2 Å². The van der Waals surface area contributed by atoms with Gasteiger partial charge in [0.05, 0.1) is 11.4 Å². The van der Waals surface area contributed by atoms with Crippen molar-refractivity contribution in [3.05, 3.63) is 46.8 Å². The largest absolute Gasteiger partial charge is 0.456 e. The first kappa shape index (κ1) is 15.1. The van der Waals surface area contributed by atoms with Gasteiger partial charge in [0, 0.05) is 6.54 Å². The second-order valence-corrected chi connectivity index (χ2v) is 4.91. The van der Waals surface area contributed by atoms with Crippen molar-refractivity contribution in [2.75, 3.05) is 5.73 Å². The smallest absolute Gasteiger partial charge is 0.359 e. The fourth-order valence-electron chi connectivity index (χ4n) is 2.13. The molecule has 0 unspecified atom stereocenters. The van der Waals surface area contributed by atoms with E-state index in [9.17, 15) is 4.79 Å². The van der Waals surface area contributed by atoms with Crippen molar-refractivity contribution in [1.29, 1.82) is 0 Å². The quantitative estimate of drug-likeness (QED) is 0.858. The first-order valence-electron chi connectivity index (χ1n) is 7.14. The number of nitrogens with zero attached hydrogens (tertiary/aromatic N) is 2. The Balaban J connectivity index is 2.07. The number of hydrogen-bond donors (Lipinski definition) is 1. The van der Waals surface area contributed by atoms with Crippen LogP contribution in [0.1, 0.15) is 41.2 Å². The Morgan fingerprint density at radius 2 is 1.86 bits per heavy atom. The number of benzene rings is 1. The van der Waals surface area contributed by atoms with Gasteiger partial charge in [-0.2, -0.15) is 5.10 Å². The number of nitrogens with two attached hydrogens (primary N) is 1. The summed E-state index contributed by atoms with van der Waals surface area (Å²) < 4.78 is 6.92. The molecule has 0 atom stereocenters. The van der Waals surface area contributed by atoms with Crippen LogP contribution < -0.4 is 5.73 Å². The topological polar surface area (TPSA) is 70.1 Å². The molecule has 2 N–H and O–H groups in total. The normalized spacial score (nSPS) is 10.6. The third kappa shape index (κ3) is 3.24. The molecule has 0 aliphatic rings. The summed E-state index contributed by atoms with van der Waals surface area (Å²) in [5, 5.41) is 4.22. The van der Waals surface area contributed by atoms with Gasteiger partial charge in [-0.05, 0) is 31.4 Å². The first-order valence-corrected chi connectivity index (χ1v) is 7.14. The lowest BCUT2D eigenvalue weighted by atomic mass is 10.1. The Hall–Kier alpha value is -2.30. The Labute approximate surface area is 124 Å². The maximum absolute atomic E-state index is 12.2. The first-order chi connectivity index (χ1) is 10.1. The predicted molar refractivity (Wildman–Crippen MR) is 82.0 cm³/mol. The molecule has 1 aromatic heterocycles. The molecule has 5 heteroatoms. The van der Waals surface area contributed by atoms with Crippen LogP contribution in [0.3, 0.4) is 0 Å². The molecule has 1 heterocycles. The zero-order valence-electron chi connectivity index (χ0n) is 12.7. The summed E-state index contributed by atoms with van der Waals surface area (Å²) in [7, 11) is 0. The number of aromatic nitrogens is 2. The lowest BCUT2D eigenvalue weighted by Gasteiger charge is -2.07. The van der Waals surface area contributed by atoms with Crippen molar-refractivity contribution in [2.45, 2.75) is 40.3 Å². The maximum atomic E-state index is 12.2. The number of aryl methyl sites for hydroxylation is 3. The van der Waals surface area contributed by atoms with E-state index < -0.39 is 5.97 Å². The van der Waals surface area contributed by atoms with E-state index in [1.807, 2.05) is 31.2 Å². The predicted octanol–water partition coefficient (Wildman–Crippen LogP) is 2.71. The van der Waals surface area contributed by atoms with Crippen molar-refractivity contribution in [3.63, 3.8) is 0 Å². The molecule has 0 saturated heterocycles. The summed E-state index contributed by atoms with van der Waals surface area (Å²) in [6, 6.07) is 8.02. The van der Waals surface area contributed by atoms with E-state index in [4.69, 9.17) is 10.5 Å². The Kier molecular flexibility index (Phi) is 4.62. The van der Waals surface area contributed by atoms with Gasteiger partial charge in [-0.3, -0.25) is 4.68 Å². The molecule has 112 valence electrons. The number of ether oxygens (including phenoxy) is 1. The molecule has 2 aromatic rings. The van der Waals surface area contributed by atoms with Crippen LogP contribution in [0.25, 0.3) is 0 Å². The van der Waals surface area contributed by atoms with Crippen molar-refractivity contribution < 1.29 is 9.53 Å². The van der Waals surface area contributed by atoms with Crippen molar-refractivity contribution >= 4 is 11.7 Å². The van der Waals surface area contributed by atoms with E-state index >= 15 is 0 Å². The van der Waals surface area contributed by atoms with Crippen LogP contribution in [0.5, 0.6) is 0 Å². The number of rotatable bonds is 5. The minimum atomic E-state index is -0.436. The number of carbonyl (C=O) groups is 1. The maximum Gasteiger partial charge on any atom is 0.359 e. The average molecular weight is 287 g/mol. The number of hydrogen-bond acceptors (Lipinski definition) is 4. The van der Waals surface area contributed by atoms with Gasteiger partial charge < -0.3 is 10.5 Å². The van der Waals surface area contributed by atoms with Gasteiger partial charge >= 0.3 is 5.97 Å². The molecule has 0 aliphatic heterocycles. The molecule has 1 aromatic carbocycles. The summed E-state index contributed by atoms with van der Waals surface area (Å²) in [5.41, 5.74) is 9.49. The van der Waals surface area contributed by atoms with Crippen LogP contribution in [-0.4, -0.2) is 15.7 Å². The SMILES string of the molecule is CCc1ccc(COC(=O)c2c(N)c(C)nn2CC)cc1.